The van der Waals surface area contributed by atoms with E-state index in [4.69, 9.17) is 12.2 Å². The largest absolute Gasteiger partial charge is 0.331 e. The van der Waals surface area contributed by atoms with Crippen LogP contribution in [0.4, 0.5) is 5.69 Å². The molecule has 1 fully saturated rings. The maximum absolute atomic E-state index is 11.7. The first-order chi connectivity index (χ1) is 9.44. The highest BCUT2D eigenvalue weighted by Gasteiger charge is 2.30. The Balaban J connectivity index is 1.92. The second-order valence-corrected chi connectivity index (χ2v) is 6.25. The summed E-state index contributed by atoms with van der Waals surface area (Å²) in [7, 11) is 0. The zero-order valence-electron chi connectivity index (χ0n) is 11.8. The molecule has 106 valence electrons. The zero-order valence-corrected chi connectivity index (χ0v) is 12.6. The number of Topliss-reactive ketones (excluding diaryl/α,β-unsaturated/α-hetero) is 1. The van der Waals surface area contributed by atoms with Crippen LogP contribution in [-0.4, -0.2) is 16.6 Å². The average molecular weight is 289 g/mol. The quantitative estimate of drug-likeness (QED) is 0.649. The van der Waals surface area contributed by atoms with Gasteiger partial charge in [0.25, 0.3) is 0 Å². The lowest BCUT2D eigenvalue weighted by molar-refractivity contribution is -0.120. The Morgan fingerprint density at radius 3 is 2.60 bits per heavy atom. The summed E-state index contributed by atoms with van der Waals surface area (Å²) >= 11 is 5.18. The second-order valence-electron chi connectivity index (χ2n) is 5.84. The van der Waals surface area contributed by atoms with E-state index >= 15 is 0 Å². The fourth-order valence-corrected chi connectivity index (χ4v) is 2.55. The molecule has 20 heavy (non-hydrogen) atoms. The molecule has 0 spiro atoms. The molecule has 0 atom stereocenters. The van der Waals surface area contributed by atoms with Crippen LogP contribution in [0, 0.1) is 5.41 Å². The van der Waals surface area contributed by atoms with Crippen LogP contribution in [0.5, 0.6) is 0 Å². The molecule has 0 heterocycles. The number of hydrazone groups is 1. The van der Waals surface area contributed by atoms with Gasteiger partial charge in [-0.25, -0.2) is 0 Å². The van der Waals surface area contributed by atoms with E-state index in [1.54, 1.807) is 0 Å². The molecule has 1 aliphatic rings. The topological polar surface area (TPSA) is 53.5 Å². The van der Waals surface area contributed by atoms with E-state index in [0.717, 1.165) is 17.8 Å². The van der Waals surface area contributed by atoms with E-state index in [1.165, 1.54) is 0 Å². The predicted molar refractivity (Wildman–Crippen MR) is 85.9 cm³/mol. The van der Waals surface area contributed by atoms with E-state index in [9.17, 15) is 4.79 Å². The van der Waals surface area contributed by atoms with Gasteiger partial charge in [-0.1, -0.05) is 32.0 Å². The highest BCUT2D eigenvalue weighted by molar-refractivity contribution is 7.80. The second kappa shape index (κ2) is 6.13. The van der Waals surface area contributed by atoms with Gasteiger partial charge in [-0.15, -0.1) is 0 Å². The van der Waals surface area contributed by atoms with Crippen molar-refractivity contribution in [3.63, 3.8) is 0 Å². The van der Waals surface area contributed by atoms with Crippen LogP contribution in [0.25, 0.3) is 0 Å². The molecule has 0 bridgehead atoms. The molecule has 0 aromatic heterocycles. The van der Waals surface area contributed by atoms with Crippen molar-refractivity contribution >= 4 is 34.5 Å². The molecule has 0 saturated heterocycles. The summed E-state index contributed by atoms with van der Waals surface area (Å²) in [6.07, 6.45) is 1.86. The summed E-state index contributed by atoms with van der Waals surface area (Å²) < 4.78 is 0. The Kier molecular flexibility index (Phi) is 4.49. The zero-order chi connectivity index (χ0) is 14.6. The Labute approximate surface area is 124 Å². The van der Waals surface area contributed by atoms with Gasteiger partial charge in [-0.05, 0) is 36.2 Å². The fraction of sp³-hybridized carbons (Fsp3) is 0.400. The van der Waals surface area contributed by atoms with E-state index in [-0.39, 0.29) is 11.2 Å². The number of ketones is 1. The van der Waals surface area contributed by atoms with E-state index in [1.807, 2.05) is 30.3 Å². The number of thiocarbonyl (C=S) groups is 1. The van der Waals surface area contributed by atoms with Gasteiger partial charge in [0.1, 0.15) is 5.78 Å². The number of nitrogens with zero attached hydrogens (tertiary/aromatic N) is 1. The van der Waals surface area contributed by atoms with Gasteiger partial charge in [0.05, 0.1) is 0 Å². The lowest BCUT2D eigenvalue weighted by atomic mass is 9.76. The molecule has 5 heteroatoms. The molecule has 2 N–H and O–H groups in total. The van der Waals surface area contributed by atoms with Crippen molar-refractivity contribution in [2.24, 2.45) is 10.5 Å². The maximum Gasteiger partial charge on any atom is 0.191 e. The average Bonchev–Trinajstić information content (AvgIpc) is 2.35. The number of hydrogen-bond donors (Lipinski definition) is 2. The molecule has 4 nitrogen and oxygen atoms in total. The number of anilines is 1. The molecule has 0 unspecified atom stereocenters. The highest BCUT2D eigenvalue weighted by Crippen LogP contribution is 2.31. The number of para-hydroxylation sites is 1. The van der Waals surface area contributed by atoms with Gasteiger partial charge in [0, 0.05) is 24.2 Å². The molecule has 1 saturated carbocycles. The smallest absolute Gasteiger partial charge is 0.191 e. The third kappa shape index (κ3) is 4.42. The van der Waals surface area contributed by atoms with Crippen molar-refractivity contribution in [1.29, 1.82) is 0 Å². The van der Waals surface area contributed by atoms with E-state index in [2.05, 4.69) is 29.7 Å². The minimum absolute atomic E-state index is 0.00960. The lowest BCUT2D eigenvalue weighted by Gasteiger charge is -2.29. The van der Waals surface area contributed by atoms with Crippen LogP contribution >= 0.6 is 12.2 Å². The number of benzene rings is 1. The molecule has 0 radical (unpaired) electrons. The van der Waals surface area contributed by atoms with E-state index in [0.29, 0.717) is 18.0 Å². The van der Waals surface area contributed by atoms with Gasteiger partial charge in [0.15, 0.2) is 5.11 Å². The maximum atomic E-state index is 11.7. The first kappa shape index (κ1) is 14.7. The van der Waals surface area contributed by atoms with Crippen molar-refractivity contribution < 1.29 is 4.79 Å². The van der Waals surface area contributed by atoms with Gasteiger partial charge in [-0.2, -0.15) is 5.10 Å². The number of carbonyl (C=O) groups is 1. The number of rotatable bonds is 2. The lowest BCUT2D eigenvalue weighted by Crippen LogP contribution is -2.32. The van der Waals surface area contributed by atoms with Crippen molar-refractivity contribution in [3.05, 3.63) is 30.3 Å². The molecule has 2 rings (SSSR count). The first-order valence-corrected chi connectivity index (χ1v) is 7.05. The number of hydrogen-bond acceptors (Lipinski definition) is 3. The number of carbonyl (C=O) groups excluding carboxylic acids is 1. The molecule has 0 aliphatic heterocycles. The summed E-state index contributed by atoms with van der Waals surface area (Å²) in [6.45, 7) is 4.17. The van der Waals surface area contributed by atoms with Gasteiger partial charge in [0.2, 0.25) is 0 Å². The third-order valence-corrected chi connectivity index (χ3v) is 3.30. The Morgan fingerprint density at radius 1 is 1.25 bits per heavy atom. The molecule has 1 aromatic rings. The highest BCUT2D eigenvalue weighted by atomic mass is 32.1. The van der Waals surface area contributed by atoms with Crippen molar-refractivity contribution in [2.75, 3.05) is 5.32 Å². The molecular formula is C15H19N3OS. The molecule has 0 amide bonds. The summed E-state index contributed by atoms with van der Waals surface area (Å²) in [5.74, 6) is 0.240. The normalized spacial score (nSPS) is 19.7. The van der Waals surface area contributed by atoms with Gasteiger partial charge < -0.3 is 5.32 Å². The Morgan fingerprint density at radius 2 is 1.95 bits per heavy atom. The van der Waals surface area contributed by atoms with Crippen molar-refractivity contribution in [2.45, 2.75) is 33.1 Å². The van der Waals surface area contributed by atoms with Crippen LogP contribution in [0.3, 0.4) is 0 Å². The van der Waals surface area contributed by atoms with Crippen LogP contribution in [0.1, 0.15) is 33.1 Å². The van der Waals surface area contributed by atoms with Crippen LogP contribution < -0.4 is 10.7 Å². The van der Waals surface area contributed by atoms with Crippen molar-refractivity contribution in [1.82, 2.24) is 5.43 Å². The minimum Gasteiger partial charge on any atom is -0.331 e. The van der Waals surface area contributed by atoms with Crippen LogP contribution in [-0.2, 0) is 4.79 Å². The summed E-state index contributed by atoms with van der Waals surface area (Å²) in [6, 6.07) is 9.65. The SMILES string of the molecule is CC1(C)CC(=O)CC(=NNC(=S)Nc2ccccc2)C1. The molecule has 1 aliphatic carbocycles. The van der Waals surface area contributed by atoms with E-state index < -0.39 is 0 Å². The van der Waals surface area contributed by atoms with Gasteiger partial charge in [-0.3, -0.25) is 10.2 Å². The van der Waals surface area contributed by atoms with Crippen molar-refractivity contribution in [3.8, 4) is 0 Å². The van der Waals surface area contributed by atoms with Crippen LogP contribution in [0.15, 0.2) is 35.4 Å². The standard InChI is InChI=1S/C15H19N3OS/c1-15(2)9-12(8-13(19)10-15)17-18-14(20)16-11-6-4-3-5-7-11/h3-7H,8-10H2,1-2H3,(H2,16,18,20). The van der Waals surface area contributed by atoms with Gasteiger partial charge >= 0.3 is 0 Å². The third-order valence-electron chi connectivity index (χ3n) is 3.11. The molecular weight excluding hydrogens is 270 g/mol. The summed E-state index contributed by atoms with van der Waals surface area (Å²) in [5, 5.41) is 7.74. The predicted octanol–water partition coefficient (Wildman–Crippen LogP) is 3.11. The Bertz CT molecular complexity index is 537. The minimum atomic E-state index is -0.00960. The molecule has 1 aromatic carbocycles. The fourth-order valence-electron chi connectivity index (χ4n) is 2.39. The summed E-state index contributed by atoms with van der Waals surface area (Å²) in [5.41, 5.74) is 4.58. The Hall–Kier alpha value is -1.75. The summed E-state index contributed by atoms with van der Waals surface area (Å²) in [4.78, 5) is 11.7. The first-order valence-electron chi connectivity index (χ1n) is 6.64. The number of nitrogens with one attached hydrogen (secondary N) is 2. The monoisotopic (exact) mass is 289 g/mol. The van der Waals surface area contributed by atoms with Crippen LogP contribution in [0.2, 0.25) is 0 Å².